The minimum atomic E-state index is 0.421. The summed E-state index contributed by atoms with van der Waals surface area (Å²) in [4.78, 5) is 0. The topological polar surface area (TPSA) is 32.6 Å². The third-order valence-corrected chi connectivity index (χ3v) is 1.07. The zero-order valence-corrected chi connectivity index (χ0v) is 5.46. The molecule has 0 aromatic rings. The van der Waals surface area contributed by atoms with Gasteiger partial charge in [-0.3, -0.25) is 0 Å². The quantitative estimate of drug-likeness (QED) is 0.340. The summed E-state index contributed by atoms with van der Waals surface area (Å²) in [5.41, 5.74) is 0. The molecule has 0 heterocycles. The SMILES string of the molecule is CCCC(C)/C=N\O. The Bertz CT molecular complexity index is 70.9. The number of oxime groups is 1. The van der Waals surface area contributed by atoms with Crippen LogP contribution >= 0.6 is 0 Å². The highest BCUT2D eigenvalue weighted by Gasteiger charge is 1.92. The summed E-state index contributed by atoms with van der Waals surface area (Å²) in [5, 5.41) is 11.0. The van der Waals surface area contributed by atoms with Gasteiger partial charge in [-0.05, 0) is 12.3 Å². The molecule has 8 heavy (non-hydrogen) atoms. The maximum absolute atomic E-state index is 8.03. The van der Waals surface area contributed by atoms with Gasteiger partial charge in [-0.25, -0.2) is 0 Å². The first kappa shape index (κ1) is 7.47. The van der Waals surface area contributed by atoms with Gasteiger partial charge in [0, 0.05) is 6.21 Å². The van der Waals surface area contributed by atoms with E-state index in [1.165, 1.54) is 0 Å². The van der Waals surface area contributed by atoms with Crippen LogP contribution in [0.25, 0.3) is 0 Å². The lowest BCUT2D eigenvalue weighted by Gasteiger charge is -1.97. The minimum absolute atomic E-state index is 0.421. The molecule has 0 aromatic heterocycles. The van der Waals surface area contributed by atoms with Crippen molar-refractivity contribution in [3.05, 3.63) is 0 Å². The van der Waals surface area contributed by atoms with Crippen molar-refractivity contribution in [3.63, 3.8) is 0 Å². The van der Waals surface area contributed by atoms with E-state index in [1.54, 1.807) is 6.21 Å². The monoisotopic (exact) mass is 115 g/mol. The molecule has 0 aliphatic rings. The Morgan fingerprint density at radius 2 is 2.38 bits per heavy atom. The van der Waals surface area contributed by atoms with E-state index in [1.807, 2.05) is 6.92 Å². The summed E-state index contributed by atoms with van der Waals surface area (Å²) in [7, 11) is 0. The molecule has 0 aromatic carbocycles. The van der Waals surface area contributed by atoms with Crippen LogP contribution in [0.3, 0.4) is 0 Å². The minimum Gasteiger partial charge on any atom is -0.411 e. The van der Waals surface area contributed by atoms with Crippen molar-refractivity contribution in [2.24, 2.45) is 11.1 Å². The molecule has 2 nitrogen and oxygen atoms in total. The number of nitrogens with zero attached hydrogens (tertiary/aromatic N) is 1. The largest absolute Gasteiger partial charge is 0.411 e. The fraction of sp³-hybridized carbons (Fsp3) is 0.833. The highest BCUT2D eigenvalue weighted by atomic mass is 16.4. The van der Waals surface area contributed by atoms with Gasteiger partial charge in [0.15, 0.2) is 0 Å². The molecule has 1 N–H and O–H groups in total. The van der Waals surface area contributed by atoms with Crippen LogP contribution in [-0.4, -0.2) is 11.4 Å². The molecule has 0 aliphatic heterocycles. The summed E-state index contributed by atoms with van der Waals surface area (Å²) in [6.45, 7) is 4.14. The Kier molecular flexibility index (Phi) is 4.32. The molecule has 2 heteroatoms. The number of hydrogen-bond donors (Lipinski definition) is 1. The van der Waals surface area contributed by atoms with Gasteiger partial charge in [-0.2, -0.15) is 0 Å². The van der Waals surface area contributed by atoms with Gasteiger partial charge in [0.1, 0.15) is 0 Å². The van der Waals surface area contributed by atoms with Gasteiger partial charge >= 0.3 is 0 Å². The normalized spacial score (nSPS) is 14.8. The van der Waals surface area contributed by atoms with Gasteiger partial charge in [0.05, 0.1) is 0 Å². The summed E-state index contributed by atoms with van der Waals surface area (Å²) >= 11 is 0. The molecule has 0 saturated carbocycles. The summed E-state index contributed by atoms with van der Waals surface area (Å²) < 4.78 is 0. The van der Waals surface area contributed by atoms with E-state index in [0.717, 1.165) is 12.8 Å². The first-order valence-electron chi connectivity index (χ1n) is 2.98. The summed E-state index contributed by atoms with van der Waals surface area (Å²) in [6, 6.07) is 0. The van der Waals surface area contributed by atoms with Crippen LogP contribution in [-0.2, 0) is 0 Å². The highest BCUT2D eigenvalue weighted by molar-refractivity contribution is 5.58. The van der Waals surface area contributed by atoms with Gasteiger partial charge in [-0.15, -0.1) is 5.16 Å². The second-order valence-corrected chi connectivity index (χ2v) is 2.03. The molecular formula is C6H13NO. The molecule has 0 rings (SSSR count). The molecule has 0 amide bonds. The Morgan fingerprint density at radius 1 is 1.75 bits per heavy atom. The lowest BCUT2D eigenvalue weighted by atomic mass is 10.1. The van der Waals surface area contributed by atoms with Crippen molar-refractivity contribution < 1.29 is 5.21 Å². The fourth-order valence-electron chi connectivity index (χ4n) is 0.644. The third kappa shape index (κ3) is 3.65. The fourth-order valence-corrected chi connectivity index (χ4v) is 0.644. The molecule has 1 unspecified atom stereocenters. The summed E-state index contributed by atoms with van der Waals surface area (Å²) in [6.07, 6.45) is 3.81. The van der Waals surface area contributed by atoms with Crippen molar-refractivity contribution in [2.45, 2.75) is 26.7 Å². The Labute approximate surface area is 50.2 Å². The number of hydrogen-bond acceptors (Lipinski definition) is 2. The molecule has 0 spiro atoms. The van der Waals surface area contributed by atoms with Crippen molar-refractivity contribution in [1.29, 1.82) is 0 Å². The third-order valence-electron chi connectivity index (χ3n) is 1.07. The molecular weight excluding hydrogens is 102 g/mol. The van der Waals surface area contributed by atoms with Crippen molar-refractivity contribution in [1.82, 2.24) is 0 Å². The first-order valence-corrected chi connectivity index (χ1v) is 2.98. The van der Waals surface area contributed by atoms with Gasteiger partial charge in [0.2, 0.25) is 0 Å². The molecule has 0 aliphatic carbocycles. The van der Waals surface area contributed by atoms with E-state index in [0.29, 0.717) is 5.92 Å². The predicted molar refractivity (Wildman–Crippen MR) is 34.4 cm³/mol. The first-order chi connectivity index (χ1) is 3.81. The molecule has 0 bridgehead atoms. The second-order valence-electron chi connectivity index (χ2n) is 2.03. The van der Waals surface area contributed by atoms with Crippen LogP contribution in [0.1, 0.15) is 26.7 Å². The van der Waals surface area contributed by atoms with E-state index < -0.39 is 0 Å². The molecule has 48 valence electrons. The van der Waals surface area contributed by atoms with E-state index in [4.69, 9.17) is 5.21 Å². The zero-order chi connectivity index (χ0) is 6.41. The van der Waals surface area contributed by atoms with E-state index in [9.17, 15) is 0 Å². The van der Waals surface area contributed by atoms with Crippen molar-refractivity contribution in [3.8, 4) is 0 Å². The van der Waals surface area contributed by atoms with Gasteiger partial charge < -0.3 is 5.21 Å². The van der Waals surface area contributed by atoms with Crippen molar-refractivity contribution in [2.75, 3.05) is 0 Å². The van der Waals surface area contributed by atoms with Crippen LogP contribution in [0.15, 0.2) is 5.16 Å². The standard InChI is InChI=1S/C6H13NO/c1-3-4-6(2)5-7-8/h5-6,8H,3-4H2,1-2H3/b7-5-. The van der Waals surface area contributed by atoms with E-state index in [-0.39, 0.29) is 0 Å². The average molecular weight is 115 g/mol. The van der Waals surface area contributed by atoms with Crippen LogP contribution < -0.4 is 0 Å². The van der Waals surface area contributed by atoms with E-state index in [2.05, 4.69) is 12.1 Å². The molecule has 0 fully saturated rings. The molecule has 1 atom stereocenters. The van der Waals surface area contributed by atoms with Gasteiger partial charge in [0.25, 0.3) is 0 Å². The highest BCUT2D eigenvalue weighted by Crippen LogP contribution is 1.99. The van der Waals surface area contributed by atoms with Gasteiger partial charge in [-0.1, -0.05) is 20.3 Å². The summed E-state index contributed by atoms with van der Waals surface area (Å²) in [5.74, 6) is 0.421. The lowest BCUT2D eigenvalue weighted by molar-refractivity contribution is 0.318. The Balaban J connectivity index is 3.17. The molecule has 0 radical (unpaired) electrons. The van der Waals surface area contributed by atoms with Crippen LogP contribution in [0.2, 0.25) is 0 Å². The maximum Gasteiger partial charge on any atom is 0.0464 e. The zero-order valence-electron chi connectivity index (χ0n) is 5.46. The number of rotatable bonds is 3. The van der Waals surface area contributed by atoms with Crippen molar-refractivity contribution >= 4 is 6.21 Å². The van der Waals surface area contributed by atoms with Crippen LogP contribution in [0.5, 0.6) is 0 Å². The van der Waals surface area contributed by atoms with Crippen LogP contribution in [0.4, 0.5) is 0 Å². The smallest absolute Gasteiger partial charge is 0.0464 e. The van der Waals surface area contributed by atoms with E-state index >= 15 is 0 Å². The average Bonchev–Trinajstić information content (AvgIpc) is 1.68. The maximum atomic E-state index is 8.03. The Morgan fingerprint density at radius 3 is 2.75 bits per heavy atom. The lowest BCUT2D eigenvalue weighted by Crippen LogP contribution is -1.93. The molecule has 0 saturated heterocycles. The predicted octanol–water partition coefficient (Wildman–Crippen LogP) is 1.88. The second kappa shape index (κ2) is 4.62. The Hall–Kier alpha value is -0.530. The van der Waals surface area contributed by atoms with Crippen LogP contribution in [0, 0.1) is 5.92 Å².